The van der Waals surface area contributed by atoms with Crippen molar-refractivity contribution in [1.29, 1.82) is 0 Å². The average Bonchev–Trinajstić information content (AvgIpc) is 3.25. The van der Waals surface area contributed by atoms with Gasteiger partial charge in [-0.25, -0.2) is 9.48 Å². The van der Waals surface area contributed by atoms with Crippen LogP contribution < -0.4 is 16.0 Å². The summed E-state index contributed by atoms with van der Waals surface area (Å²) in [6.45, 7) is 6.80. The molecular weight excluding hydrogens is 543 g/mol. The quantitative estimate of drug-likeness (QED) is 0.215. The first kappa shape index (κ1) is 27.2. The zero-order chi connectivity index (χ0) is 23.7. The van der Waals surface area contributed by atoms with Crippen LogP contribution >= 0.6 is 24.0 Å². The molecular formula is C25H33IN6O2. The van der Waals surface area contributed by atoms with E-state index in [2.05, 4.69) is 26.0 Å². The van der Waals surface area contributed by atoms with Gasteiger partial charge in [0.2, 0.25) is 0 Å². The first-order valence-corrected chi connectivity index (χ1v) is 11.0. The van der Waals surface area contributed by atoms with Gasteiger partial charge in [0.25, 0.3) is 0 Å². The summed E-state index contributed by atoms with van der Waals surface area (Å²) in [5.41, 5.74) is 3.28. The fourth-order valence-corrected chi connectivity index (χ4v) is 3.08. The van der Waals surface area contributed by atoms with E-state index >= 15 is 0 Å². The van der Waals surface area contributed by atoms with Gasteiger partial charge in [-0.1, -0.05) is 30.3 Å². The summed E-state index contributed by atoms with van der Waals surface area (Å²) in [5.74, 6) is 0.715. The number of ether oxygens (including phenoxy) is 1. The summed E-state index contributed by atoms with van der Waals surface area (Å²) in [5, 5.41) is 13.9. The van der Waals surface area contributed by atoms with Gasteiger partial charge < -0.3 is 15.4 Å². The van der Waals surface area contributed by atoms with Crippen molar-refractivity contribution in [2.24, 2.45) is 4.99 Å². The number of halogens is 1. The van der Waals surface area contributed by atoms with E-state index in [0.717, 1.165) is 29.9 Å². The van der Waals surface area contributed by atoms with Gasteiger partial charge >= 0.3 is 6.09 Å². The monoisotopic (exact) mass is 576 g/mol. The Balaban J connectivity index is 0.00000408. The largest absolute Gasteiger partial charge is 0.444 e. The number of guanidine groups is 1. The fourth-order valence-electron chi connectivity index (χ4n) is 3.08. The number of carbonyl (C=O) groups excluding carboxylic acids is 1. The zero-order valence-electron chi connectivity index (χ0n) is 20.0. The summed E-state index contributed by atoms with van der Waals surface area (Å²) in [4.78, 5) is 16.1. The predicted molar refractivity (Wildman–Crippen MR) is 147 cm³/mol. The third-order valence-electron chi connectivity index (χ3n) is 4.63. The Kier molecular flexibility index (Phi) is 10.4. The maximum atomic E-state index is 11.9. The number of para-hydroxylation sites is 1. The molecule has 3 N–H and O–H groups in total. The lowest BCUT2D eigenvalue weighted by atomic mass is 10.1. The highest BCUT2D eigenvalue weighted by molar-refractivity contribution is 14.0. The van der Waals surface area contributed by atoms with E-state index in [1.54, 1.807) is 7.05 Å². The Morgan fingerprint density at radius 1 is 1.03 bits per heavy atom. The molecule has 3 rings (SSSR count). The molecule has 0 unspecified atom stereocenters. The van der Waals surface area contributed by atoms with Crippen molar-refractivity contribution in [3.63, 3.8) is 0 Å². The maximum absolute atomic E-state index is 11.9. The second-order valence-electron chi connectivity index (χ2n) is 8.51. The Hall–Kier alpha value is -3.08. The Morgan fingerprint density at radius 3 is 2.38 bits per heavy atom. The van der Waals surface area contributed by atoms with Crippen molar-refractivity contribution in [3.8, 4) is 5.69 Å². The van der Waals surface area contributed by atoms with Gasteiger partial charge in [0.15, 0.2) is 5.96 Å². The minimum Gasteiger partial charge on any atom is -0.444 e. The molecule has 1 aromatic heterocycles. The van der Waals surface area contributed by atoms with E-state index in [-0.39, 0.29) is 24.0 Å². The van der Waals surface area contributed by atoms with Crippen molar-refractivity contribution in [2.75, 3.05) is 18.9 Å². The second-order valence-corrected chi connectivity index (χ2v) is 8.51. The number of hydrogen-bond donors (Lipinski definition) is 3. The molecule has 34 heavy (non-hydrogen) atoms. The van der Waals surface area contributed by atoms with Crippen LogP contribution in [0.2, 0.25) is 0 Å². The van der Waals surface area contributed by atoms with E-state index in [0.29, 0.717) is 18.2 Å². The fraction of sp³-hybridized carbons (Fsp3) is 0.320. The summed E-state index contributed by atoms with van der Waals surface area (Å²) in [7, 11) is 1.75. The smallest absolute Gasteiger partial charge is 0.412 e. The molecule has 8 nitrogen and oxygen atoms in total. The summed E-state index contributed by atoms with van der Waals surface area (Å²) >= 11 is 0. The van der Waals surface area contributed by atoms with E-state index in [4.69, 9.17) is 4.74 Å². The molecule has 3 aromatic rings. The van der Waals surface area contributed by atoms with Crippen molar-refractivity contribution in [2.45, 2.75) is 39.3 Å². The number of nitrogens with zero attached hydrogens (tertiary/aromatic N) is 3. The minimum atomic E-state index is -0.524. The Labute approximate surface area is 218 Å². The molecule has 0 aliphatic heterocycles. The lowest BCUT2D eigenvalue weighted by Gasteiger charge is -2.19. The van der Waals surface area contributed by atoms with Crippen LogP contribution in [-0.2, 0) is 17.7 Å². The molecule has 0 bridgehead atoms. The van der Waals surface area contributed by atoms with Crippen molar-refractivity contribution in [1.82, 2.24) is 20.4 Å². The second kappa shape index (κ2) is 13.0. The van der Waals surface area contributed by atoms with Gasteiger partial charge in [0, 0.05) is 25.5 Å². The van der Waals surface area contributed by atoms with Crippen LogP contribution in [0.3, 0.4) is 0 Å². The van der Waals surface area contributed by atoms with Gasteiger partial charge in [0.1, 0.15) is 5.60 Å². The molecule has 0 atom stereocenters. The zero-order valence-corrected chi connectivity index (χ0v) is 22.4. The number of anilines is 1. The van der Waals surface area contributed by atoms with E-state index < -0.39 is 11.7 Å². The van der Waals surface area contributed by atoms with Gasteiger partial charge in [0.05, 0.1) is 17.9 Å². The Morgan fingerprint density at radius 2 is 1.74 bits per heavy atom. The molecule has 0 aliphatic rings. The first-order chi connectivity index (χ1) is 15.8. The van der Waals surface area contributed by atoms with Crippen LogP contribution in [-0.4, -0.2) is 41.0 Å². The Bertz CT molecular complexity index is 1060. The summed E-state index contributed by atoms with van der Waals surface area (Å²) < 4.78 is 7.12. The van der Waals surface area contributed by atoms with Crippen molar-refractivity contribution < 1.29 is 9.53 Å². The third kappa shape index (κ3) is 9.05. The van der Waals surface area contributed by atoms with Crippen LogP contribution in [0.1, 0.15) is 32.0 Å². The van der Waals surface area contributed by atoms with Crippen molar-refractivity contribution in [3.05, 3.63) is 78.1 Å². The highest BCUT2D eigenvalue weighted by atomic mass is 127. The van der Waals surface area contributed by atoms with Gasteiger partial charge in [-0.15, -0.1) is 24.0 Å². The first-order valence-electron chi connectivity index (χ1n) is 11.0. The molecule has 182 valence electrons. The van der Waals surface area contributed by atoms with Crippen LogP contribution in [0.4, 0.5) is 10.5 Å². The van der Waals surface area contributed by atoms with E-state index in [9.17, 15) is 4.79 Å². The lowest BCUT2D eigenvalue weighted by molar-refractivity contribution is 0.0636. The number of benzene rings is 2. The number of hydrogen-bond acceptors (Lipinski definition) is 4. The van der Waals surface area contributed by atoms with Gasteiger partial charge in [-0.05, 0) is 63.1 Å². The normalized spacial score (nSPS) is 11.4. The lowest BCUT2D eigenvalue weighted by Crippen LogP contribution is -2.38. The molecule has 1 heterocycles. The van der Waals surface area contributed by atoms with Gasteiger partial charge in [-0.2, -0.15) is 5.10 Å². The number of aliphatic imine (C=N–C) groups is 1. The molecule has 0 saturated carbocycles. The molecule has 0 radical (unpaired) electrons. The standard InChI is InChI=1S/C25H32N6O2.HI/c1-25(2,3)33-24(32)29-20-12-10-19(11-13-20)14-16-27-23(26-4)28-18-21-15-17-31(30-21)22-8-6-5-7-9-22;/h5-13,15,17H,14,16,18H2,1-4H3,(H,29,32)(H2,26,27,28);1H. The molecule has 9 heteroatoms. The summed E-state index contributed by atoms with van der Waals surface area (Å²) in [6.07, 6.45) is 2.31. The highest BCUT2D eigenvalue weighted by Gasteiger charge is 2.16. The van der Waals surface area contributed by atoms with Crippen molar-refractivity contribution >= 4 is 41.7 Å². The molecule has 1 amide bonds. The highest BCUT2D eigenvalue weighted by Crippen LogP contribution is 2.13. The molecule has 0 fully saturated rings. The maximum Gasteiger partial charge on any atom is 0.412 e. The predicted octanol–water partition coefficient (Wildman–Crippen LogP) is 4.75. The minimum absolute atomic E-state index is 0. The topological polar surface area (TPSA) is 92.6 Å². The molecule has 0 saturated heterocycles. The number of rotatable bonds is 7. The van der Waals surface area contributed by atoms with Crippen LogP contribution in [0.15, 0.2) is 71.9 Å². The molecule has 2 aromatic carbocycles. The molecule has 0 spiro atoms. The van der Waals surface area contributed by atoms with Crippen LogP contribution in [0.5, 0.6) is 0 Å². The van der Waals surface area contributed by atoms with E-state index in [1.165, 1.54) is 0 Å². The number of nitrogens with one attached hydrogen (secondary N) is 3. The summed E-state index contributed by atoms with van der Waals surface area (Å²) in [6, 6.07) is 19.7. The SMILES string of the molecule is CN=C(NCCc1ccc(NC(=O)OC(C)(C)C)cc1)NCc1ccn(-c2ccccc2)n1.I. The number of aromatic nitrogens is 2. The third-order valence-corrected chi connectivity index (χ3v) is 4.63. The van der Waals surface area contributed by atoms with Crippen LogP contribution in [0, 0.1) is 0 Å². The van der Waals surface area contributed by atoms with Gasteiger partial charge in [-0.3, -0.25) is 10.3 Å². The average molecular weight is 576 g/mol. The number of amides is 1. The van der Waals surface area contributed by atoms with Crippen LogP contribution in [0.25, 0.3) is 5.69 Å². The number of carbonyl (C=O) groups is 1. The molecule has 0 aliphatic carbocycles. The van der Waals surface area contributed by atoms with E-state index in [1.807, 2.05) is 92.3 Å².